The fourth-order valence-electron chi connectivity index (χ4n) is 1.57. The lowest BCUT2D eigenvalue weighted by Crippen LogP contribution is -2.30. The van der Waals surface area contributed by atoms with Crippen molar-refractivity contribution in [3.05, 3.63) is 33.9 Å². The van der Waals surface area contributed by atoms with Crippen molar-refractivity contribution in [3.8, 4) is 0 Å². The van der Waals surface area contributed by atoms with Crippen molar-refractivity contribution >= 4 is 29.3 Å². The third kappa shape index (κ3) is 5.70. The van der Waals surface area contributed by atoms with Gasteiger partial charge in [-0.25, -0.2) is 0 Å². The monoisotopic (exact) mass is 326 g/mol. The lowest BCUT2D eigenvalue weighted by atomic mass is 10.2. The molecule has 0 aliphatic carbocycles. The van der Waals surface area contributed by atoms with E-state index in [9.17, 15) is 19.7 Å². The van der Waals surface area contributed by atoms with E-state index >= 15 is 0 Å². The van der Waals surface area contributed by atoms with Crippen LogP contribution >= 0.6 is 11.8 Å². The van der Waals surface area contributed by atoms with Crippen molar-refractivity contribution in [3.63, 3.8) is 0 Å². The number of carbonyl (C=O) groups is 2. The Morgan fingerprint density at radius 2 is 2.14 bits per heavy atom. The van der Waals surface area contributed by atoms with Gasteiger partial charge in [0.15, 0.2) is 0 Å². The molecule has 1 unspecified atom stereocenters. The summed E-state index contributed by atoms with van der Waals surface area (Å²) in [7, 11) is 0. The molecule has 8 nitrogen and oxygen atoms in total. The predicted molar refractivity (Wildman–Crippen MR) is 83.6 cm³/mol. The molecule has 0 saturated carbocycles. The van der Waals surface area contributed by atoms with Crippen molar-refractivity contribution in [2.24, 2.45) is 11.5 Å². The number of benzene rings is 1. The van der Waals surface area contributed by atoms with Gasteiger partial charge in [-0.1, -0.05) is 0 Å². The van der Waals surface area contributed by atoms with Crippen LogP contribution in [-0.2, 0) is 4.79 Å². The number of nitrogens with zero attached hydrogens (tertiary/aromatic N) is 1. The van der Waals surface area contributed by atoms with Crippen LogP contribution in [0, 0.1) is 10.1 Å². The smallest absolute Gasteiger partial charge is 0.283 e. The Morgan fingerprint density at radius 1 is 1.45 bits per heavy atom. The van der Waals surface area contributed by atoms with Gasteiger partial charge in [-0.15, -0.1) is 11.8 Å². The van der Waals surface area contributed by atoms with Gasteiger partial charge in [-0.3, -0.25) is 19.7 Å². The van der Waals surface area contributed by atoms with E-state index < -0.39 is 10.8 Å². The molecule has 9 heteroatoms. The molecular weight excluding hydrogens is 308 g/mol. The zero-order valence-electron chi connectivity index (χ0n) is 12.1. The maximum atomic E-state index is 11.6. The quantitative estimate of drug-likeness (QED) is 0.363. The maximum Gasteiger partial charge on any atom is 0.283 e. The summed E-state index contributed by atoms with van der Waals surface area (Å²) in [6, 6.07) is 3.91. The Morgan fingerprint density at radius 3 is 2.68 bits per heavy atom. The molecule has 0 aliphatic rings. The van der Waals surface area contributed by atoms with Crippen molar-refractivity contribution in [1.82, 2.24) is 5.32 Å². The third-order valence-corrected chi connectivity index (χ3v) is 3.78. The molecule has 1 aromatic carbocycles. The lowest BCUT2D eigenvalue weighted by molar-refractivity contribution is -0.387. The highest BCUT2D eigenvalue weighted by Gasteiger charge is 2.17. The average molecular weight is 326 g/mol. The molecule has 0 saturated heterocycles. The van der Waals surface area contributed by atoms with Gasteiger partial charge in [0.25, 0.3) is 5.69 Å². The van der Waals surface area contributed by atoms with Gasteiger partial charge in [0.05, 0.1) is 15.6 Å². The van der Waals surface area contributed by atoms with E-state index in [1.165, 1.54) is 12.1 Å². The van der Waals surface area contributed by atoms with Gasteiger partial charge >= 0.3 is 0 Å². The van der Waals surface area contributed by atoms with Crippen LogP contribution in [0.4, 0.5) is 5.69 Å². The highest BCUT2D eigenvalue weighted by molar-refractivity contribution is 8.00. The van der Waals surface area contributed by atoms with Gasteiger partial charge in [-0.05, 0) is 25.5 Å². The number of nitro groups is 1. The summed E-state index contributed by atoms with van der Waals surface area (Å²) in [5, 5.41) is 13.7. The van der Waals surface area contributed by atoms with Gasteiger partial charge < -0.3 is 16.8 Å². The Bertz CT molecular complexity index is 577. The van der Waals surface area contributed by atoms with E-state index in [-0.39, 0.29) is 29.0 Å². The number of nitro benzene ring substituents is 1. The molecule has 1 aromatic rings. The van der Waals surface area contributed by atoms with E-state index in [2.05, 4.69) is 5.32 Å². The van der Waals surface area contributed by atoms with Crippen molar-refractivity contribution in [2.45, 2.75) is 24.3 Å². The first-order valence-electron chi connectivity index (χ1n) is 6.54. The number of carbonyl (C=O) groups excluding carboxylic acids is 2. The second-order valence-electron chi connectivity index (χ2n) is 4.71. The summed E-state index contributed by atoms with van der Waals surface area (Å²) in [6.07, 6.45) is 0.657. The normalized spacial score (nSPS) is 11.7. The number of primary amides is 1. The van der Waals surface area contributed by atoms with Crippen LogP contribution in [0.3, 0.4) is 0 Å². The van der Waals surface area contributed by atoms with Gasteiger partial charge in [0.2, 0.25) is 11.8 Å². The first-order chi connectivity index (χ1) is 10.3. The molecule has 2 amide bonds. The summed E-state index contributed by atoms with van der Waals surface area (Å²) in [5.41, 5.74) is 10.5. The summed E-state index contributed by atoms with van der Waals surface area (Å²) in [6.45, 7) is 2.30. The van der Waals surface area contributed by atoms with Crippen LogP contribution in [0.15, 0.2) is 23.1 Å². The van der Waals surface area contributed by atoms with Crippen molar-refractivity contribution in [2.75, 3.05) is 12.3 Å². The van der Waals surface area contributed by atoms with Crippen LogP contribution in [0.5, 0.6) is 0 Å². The summed E-state index contributed by atoms with van der Waals surface area (Å²) >= 11 is 1.03. The molecule has 0 bridgehead atoms. The van der Waals surface area contributed by atoms with E-state index in [4.69, 9.17) is 11.5 Å². The van der Waals surface area contributed by atoms with Crippen molar-refractivity contribution < 1.29 is 14.5 Å². The summed E-state index contributed by atoms with van der Waals surface area (Å²) in [5.74, 6) is -0.942. The van der Waals surface area contributed by atoms with E-state index in [0.717, 1.165) is 17.8 Å². The van der Waals surface area contributed by atoms with Gasteiger partial charge in [0.1, 0.15) is 0 Å². The second kappa shape index (κ2) is 8.35. The fourth-order valence-corrected chi connectivity index (χ4v) is 2.40. The highest BCUT2D eigenvalue weighted by atomic mass is 32.2. The molecule has 0 fully saturated rings. The second-order valence-corrected chi connectivity index (χ2v) is 5.73. The Labute approximate surface area is 131 Å². The van der Waals surface area contributed by atoms with E-state index in [1.54, 1.807) is 0 Å². The number of nitrogens with one attached hydrogen (secondary N) is 1. The molecule has 0 heterocycles. The van der Waals surface area contributed by atoms with Gasteiger partial charge in [0, 0.05) is 24.2 Å². The van der Waals surface area contributed by atoms with Crippen LogP contribution in [-0.4, -0.2) is 35.1 Å². The Kier molecular flexibility index (Phi) is 6.80. The summed E-state index contributed by atoms with van der Waals surface area (Å²) in [4.78, 5) is 33.4. The molecule has 0 spiro atoms. The Hall–Kier alpha value is -2.13. The van der Waals surface area contributed by atoms with Crippen LogP contribution < -0.4 is 16.8 Å². The maximum absolute atomic E-state index is 11.6. The molecule has 120 valence electrons. The zero-order valence-corrected chi connectivity index (χ0v) is 12.9. The predicted octanol–water partition coefficient (Wildman–Crippen LogP) is 0.639. The van der Waals surface area contributed by atoms with E-state index in [1.807, 2.05) is 6.92 Å². The Balaban J connectivity index is 2.67. The van der Waals surface area contributed by atoms with Crippen LogP contribution in [0.1, 0.15) is 23.7 Å². The van der Waals surface area contributed by atoms with Crippen LogP contribution in [0.2, 0.25) is 0 Å². The number of hydrogen-bond acceptors (Lipinski definition) is 6. The molecular formula is C13H18N4O4S. The fraction of sp³-hybridized carbons (Fsp3) is 0.385. The molecule has 22 heavy (non-hydrogen) atoms. The summed E-state index contributed by atoms with van der Waals surface area (Å²) < 4.78 is 0. The molecule has 1 atom stereocenters. The molecule has 0 aliphatic heterocycles. The number of rotatable bonds is 8. The first-order valence-corrected chi connectivity index (χ1v) is 7.53. The highest BCUT2D eigenvalue weighted by Crippen LogP contribution is 2.29. The molecule has 1 rings (SSSR count). The number of hydrogen-bond donors (Lipinski definition) is 3. The minimum atomic E-state index is -0.742. The number of thioether (sulfide) groups is 1. The standard InChI is InChI=1S/C13H18N4O4S/c1-8(14)4-5-16-12(18)7-22-11-3-2-9(13(15)19)6-10(11)17(20)21/h2-3,6,8H,4-5,7,14H2,1H3,(H2,15,19)(H,16,18). The minimum Gasteiger partial charge on any atom is -0.366 e. The minimum absolute atomic E-state index is 0.00427. The zero-order chi connectivity index (χ0) is 16.7. The average Bonchev–Trinajstić information content (AvgIpc) is 2.44. The van der Waals surface area contributed by atoms with E-state index in [0.29, 0.717) is 17.9 Å². The molecule has 0 aromatic heterocycles. The molecule has 5 N–H and O–H groups in total. The first kappa shape index (κ1) is 17.9. The SMILES string of the molecule is CC(N)CCNC(=O)CSc1ccc(C(N)=O)cc1[N+](=O)[O-]. The number of nitrogens with two attached hydrogens (primary N) is 2. The third-order valence-electron chi connectivity index (χ3n) is 2.72. The largest absolute Gasteiger partial charge is 0.366 e. The topological polar surface area (TPSA) is 141 Å². The number of amides is 2. The van der Waals surface area contributed by atoms with Crippen molar-refractivity contribution in [1.29, 1.82) is 0 Å². The van der Waals surface area contributed by atoms with Crippen LogP contribution in [0.25, 0.3) is 0 Å². The van der Waals surface area contributed by atoms with Gasteiger partial charge in [-0.2, -0.15) is 0 Å². The lowest BCUT2D eigenvalue weighted by Gasteiger charge is -2.07. The molecule has 0 radical (unpaired) electrons.